The summed E-state index contributed by atoms with van der Waals surface area (Å²) in [6, 6.07) is -0.419. The van der Waals surface area contributed by atoms with Gasteiger partial charge in [0, 0.05) is 0 Å². The van der Waals surface area contributed by atoms with Crippen LogP contribution >= 0.6 is 0 Å². The summed E-state index contributed by atoms with van der Waals surface area (Å²) in [4.78, 5) is 0. The van der Waals surface area contributed by atoms with Crippen LogP contribution in [0, 0.1) is 0 Å². The molecule has 0 saturated heterocycles. The molecule has 0 aromatic heterocycles. The molecule has 0 aliphatic heterocycles. The van der Waals surface area contributed by atoms with Gasteiger partial charge in [-0.3, -0.25) is 0 Å². The number of aliphatic hydroxyl groups is 1. The van der Waals surface area contributed by atoms with E-state index in [0.717, 1.165) is 6.42 Å². The van der Waals surface area contributed by atoms with E-state index in [0.29, 0.717) is 6.54 Å². The van der Waals surface area contributed by atoms with Crippen molar-refractivity contribution in [2.75, 3.05) is 26.4 Å². The van der Waals surface area contributed by atoms with E-state index in [-0.39, 0.29) is 13.2 Å². The first-order valence-corrected chi connectivity index (χ1v) is 4.48. The Balaban J connectivity index is 3.52. The SMILES string of the molecule is CCCNC(CO)COCC(F)(F)F. The highest BCUT2D eigenvalue weighted by Crippen LogP contribution is 2.14. The molecule has 0 radical (unpaired) electrons. The monoisotopic (exact) mass is 215 g/mol. The van der Waals surface area contributed by atoms with Crippen molar-refractivity contribution in [2.45, 2.75) is 25.6 Å². The molecule has 2 N–H and O–H groups in total. The maximum atomic E-state index is 11.7. The van der Waals surface area contributed by atoms with E-state index in [9.17, 15) is 13.2 Å². The van der Waals surface area contributed by atoms with Gasteiger partial charge < -0.3 is 15.2 Å². The number of hydrogen-bond acceptors (Lipinski definition) is 3. The van der Waals surface area contributed by atoms with Gasteiger partial charge in [-0.15, -0.1) is 0 Å². The summed E-state index contributed by atoms with van der Waals surface area (Å²) in [5, 5.41) is 11.6. The van der Waals surface area contributed by atoms with Gasteiger partial charge in [0.2, 0.25) is 0 Å². The number of nitrogens with one attached hydrogen (secondary N) is 1. The minimum Gasteiger partial charge on any atom is -0.395 e. The summed E-state index contributed by atoms with van der Waals surface area (Å²) in [7, 11) is 0. The third-order valence-electron chi connectivity index (χ3n) is 1.49. The van der Waals surface area contributed by atoms with Gasteiger partial charge in [-0.05, 0) is 13.0 Å². The van der Waals surface area contributed by atoms with Crippen LogP contribution in [0.15, 0.2) is 0 Å². The second-order valence-electron chi connectivity index (χ2n) is 2.96. The maximum Gasteiger partial charge on any atom is 0.411 e. The molecule has 0 fully saturated rings. The molecule has 0 aliphatic carbocycles. The molecule has 0 bridgehead atoms. The average molecular weight is 215 g/mol. The van der Waals surface area contributed by atoms with Gasteiger partial charge in [0.05, 0.1) is 19.3 Å². The van der Waals surface area contributed by atoms with Crippen LogP contribution in [0.3, 0.4) is 0 Å². The van der Waals surface area contributed by atoms with Crippen molar-refractivity contribution in [3.05, 3.63) is 0 Å². The summed E-state index contributed by atoms with van der Waals surface area (Å²) in [5.74, 6) is 0. The zero-order chi connectivity index (χ0) is 11.0. The molecule has 0 aromatic carbocycles. The molecule has 0 aromatic rings. The van der Waals surface area contributed by atoms with Crippen LogP contribution in [0.4, 0.5) is 13.2 Å². The fourth-order valence-corrected chi connectivity index (χ4v) is 0.842. The molecule has 0 saturated carbocycles. The van der Waals surface area contributed by atoms with Crippen LogP contribution in [-0.2, 0) is 4.74 Å². The van der Waals surface area contributed by atoms with Crippen LogP contribution in [0.1, 0.15) is 13.3 Å². The maximum absolute atomic E-state index is 11.7. The smallest absolute Gasteiger partial charge is 0.395 e. The normalized spacial score (nSPS) is 14.4. The van der Waals surface area contributed by atoms with Gasteiger partial charge in [-0.1, -0.05) is 6.92 Å². The fraction of sp³-hybridized carbons (Fsp3) is 1.00. The van der Waals surface area contributed by atoms with Gasteiger partial charge >= 0.3 is 6.18 Å². The molecule has 0 aliphatic rings. The van der Waals surface area contributed by atoms with Crippen LogP contribution in [-0.4, -0.2) is 43.7 Å². The summed E-state index contributed by atoms with van der Waals surface area (Å²) in [6.45, 7) is 0.962. The molecule has 0 spiro atoms. The van der Waals surface area contributed by atoms with Crippen molar-refractivity contribution in [1.29, 1.82) is 0 Å². The topological polar surface area (TPSA) is 41.5 Å². The Labute approximate surface area is 81.2 Å². The van der Waals surface area contributed by atoms with Crippen molar-refractivity contribution < 1.29 is 23.0 Å². The lowest BCUT2D eigenvalue weighted by atomic mass is 10.3. The number of rotatable bonds is 7. The zero-order valence-electron chi connectivity index (χ0n) is 8.10. The first kappa shape index (κ1) is 13.7. The van der Waals surface area contributed by atoms with Gasteiger partial charge in [-0.25, -0.2) is 0 Å². The molecule has 0 amide bonds. The lowest BCUT2D eigenvalue weighted by Gasteiger charge is -2.16. The van der Waals surface area contributed by atoms with E-state index in [4.69, 9.17) is 5.11 Å². The Morgan fingerprint density at radius 2 is 2.07 bits per heavy atom. The molecule has 3 nitrogen and oxygen atoms in total. The van der Waals surface area contributed by atoms with E-state index in [1.165, 1.54) is 0 Å². The Morgan fingerprint density at radius 1 is 1.43 bits per heavy atom. The first-order chi connectivity index (χ1) is 6.49. The summed E-state index contributed by atoms with van der Waals surface area (Å²) in [5.41, 5.74) is 0. The summed E-state index contributed by atoms with van der Waals surface area (Å²) in [6.07, 6.45) is -3.44. The average Bonchev–Trinajstić information content (AvgIpc) is 2.09. The van der Waals surface area contributed by atoms with Crippen LogP contribution < -0.4 is 5.32 Å². The Morgan fingerprint density at radius 3 is 2.50 bits per heavy atom. The first-order valence-electron chi connectivity index (χ1n) is 4.48. The Hall–Kier alpha value is -0.330. The number of ether oxygens (including phenoxy) is 1. The van der Waals surface area contributed by atoms with Crippen molar-refractivity contribution in [1.82, 2.24) is 5.32 Å². The zero-order valence-corrected chi connectivity index (χ0v) is 8.10. The van der Waals surface area contributed by atoms with Crippen molar-refractivity contribution in [3.8, 4) is 0 Å². The fourth-order valence-electron chi connectivity index (χ4n) is 0.842. The van der Waals surface area contributed by atoms with Gasteiger partial charge in [0.15, 0.2) is 0 Å². The highest BCUT2D eigenvalue weighted by Gasteiger charge is 2.27. The lowest BCUT2D eigenvalue weighted by molar-refractivity contribution is -0.175. The van der Waals surface area contributed by atoms with Crippen LogP contribution in [0.5, 0.6) is 0 Å². The van der Waals surface area contributed by atoms with Crippen molar-refractivity contribution in [3.63, 3.8) is 0 Å². The van der Waals surface area contributed by atoms with E-state index in [1.54, 1.807) is 0 Å². The summed E-state index contributed by atoms with van der Waals surface area (Å²) >= 11 is 0. The molecular weight excluding hydrogens is 199 g/mol. The number of hydrogen-bond donors (Lipinski definition) is 2. The van der Waals surface area contributed by atoms with Crippen molar-refractivity contribution in [2.24, 2.45) is 0 Å². The van der Waals surface area contributed by atoms with E-state index < -0.39 is 18.8 Å². The summed E-state index contributed by atoms with van der Waals surface area (Å²) < 4.78 is 39.4. The molecule has 0 rings (SSSR count). The minimum absolute atomic E-state index is 0.129. The van der Waals surface area contributed by atoms with E-state index in [1.807, 2.05) is 6.92 Å². The molecule has 1 atom stereocenters. The molecule has 1 unspecified atom stereocenters. The number of aliphatic hydroxyl groups excluding tert-OH is 1. The number of halogens is 3. The van der Waals surface area contributed by atoms with Crippen LogP contribution in [0.25, 0.3) is 0 Å². The highest BCUT2D eigenvalue weighted by molar-refractivity contribution is 4.64. The second-order valence-corrected chi connectivity index (χ2v) is 2.96. The van der Waals surface area contributed by atoms with Gasteiger partial charge in [0.25, 0.3) is 0 Å². The molecule has 14 heavy (non-hydrogen) atoms. The molecule has 6 heteroatoms. The van der Waals surface area contributed by atoms with Crippen molar-refractivity contribution >= 4 is 0 Å². The van der Waals surface area contributed by atoms with E-state index in [2.05, 4.69) is 10.1 Å². The van der Waals surface area contributed by atoms with E-state index >= 15 is 0 Å². The number of alkyl halides is 3. The third kappa shape index (κ3) is 8.28. The third-order valence-corrected chi connectivity index (χ3v) is 1.49. The minimum atomic E-state index is -4.30. The van der Waals surface area contributed by atoms with Crippen LogP contribution in [0.2, 0.25) is 0 Å². The Bertz CT molecular complexity index is 141. The Kier molecular flexibility index (Phi) is 6.86. The molecular formula is C8H16F3NO2. The molecule has 86 valence electrons. The second kappa shape index (κ2) is 7.03. The standard InChI is InChI=1S/C8H16F3NO2/c1-2-3-12-7(4-13)5-14-6-8(9,10)11/h7,12-13H,2-6H2,1H3. The predicted molar refractivity (Wildman–Crippen MR) is 46.0 cm³/mol. The molecule has 0 heterocycles. The largest absolute Gasteiger partial charge is 0.411 e. The predicted octanol–water partition coefficient (Wildman–Crippen LogP) is 0.926. The quantitative estimate of drug-likeness (QED) is 0.663. The lowest BCUT2D eigenvalue weighted by Crippen LogP contribution is -2.38. The highest BCUT2D eigenvalue weighted by atomic mass is 19.4. The van der Waals surface area contributed by atoms with Gasteiger partial charge in [-0.2, -0.15) is 13.2 Å². The van der Waals surface area contributed by atoms with Gasteiger partial charge in [0.1, 0.15) is 6.61 Å².